The molecule has 200 valence electrons. The molecule has 2 amide bonds. The molecule has 5 rings (SSSR count). The molecule has 2 aromatic carbocycles. The van der Waals surface area contributed by atoms with Gasteiger partial charge in [-0.05, 0) is 55.2 Å². The molecule has 0 bridgehead atoms. The first-order chi connectivity index (χ1) is 18.2. The molecule has 0 N–H and O–H groups in total. The lowest BCUT2D eigenvalue weighted by atomic mass is 9.86. The van der Waals surface area contributed by atoms with Gasteiger partial charge in [-0.15, -0.1) is 11.8 Å². The molecule has 1 fully saturated rings. The minimum absolute atomic E-state index is 0.0122. The van der Waals surface area contributed by atoms with Crippen LogP contribution in [0.5, 0.6) is 5.75 Å². The van der Waals surface area contributed by atoms with Crippen LogP contribution < -0.4 is 9.64 Å². The molecule has 0 unspecified atom stereocenters. The Morgan fingerprint density at radius 3 is 2.39 bits per heavy atom. The Bertz CT molecular complexity index is 1340. The van der Waals surface area contributed by atoms with E-state index in [2.05, 4.69) is 45.9 Å². The van der Waals surface area contributed by atoms with Gasteiger partial charge in [0.15, 0.2) is 0 Å². The maximum absolute atomic E-state index is 13.8. The monoisotopic (exact) mass is 532 g/mol. The summed E-state index contributed by atoms with van der Waals surface area (Å²) in [6, 6.07) is 16.0. The summed E-state index contributed by atoms with van der Waals surface area (Å²) in [5.74, 6) is 1.63. The highest BCUT2D eigenvalue weighted by Gasteiger charge is 2.40. The minimum Gasteiger partial charge on any atom is -0.497 e. The van der Waals surface area contributed by atoms with E-state index in [1.807, 2.05) is 39.9 Å². The van der Waals surface area contributed by atoms with Crippen molar-refractivity contribution in [2.75, 3.05) is 37.4 Å². The Kier molecular flexibility index (Phi) is 7.27. The summed E-state index contributed by atoms with van der Waals surface area (Å²) in [7, 11) is 1.64. The van der Waals surface area contributed by atoms with Crippen LogP contribution in [0.2, 0.25) is 0 Å². The molecule has 38 heavy (non-hydrogen) atoms. The van der Waals surface area contributed by atoms with E-state index in [4.69, 9.17) is 9.84 Å². The largest absolute Gasteiger partial charge is 0.497 e. The van der Waals surface area contributed by atoms with E-state index in [0.29, 0.717) is 5.82 Å². The van der Waals surface area contributed by atoms with E-state index in [0.717, 1.165) is 48.6 Å². The molecule has 2 aliphatic heterocycles. The van der Waals surface area contributed by atoms with Gasteiger partial charge < -0.3 is 9.64 Å². The number of thioether (sulfide) groups is 1. The number of likely N-dealkylation sites (tertiary alicyclic amines) is 1. The Hall–Kier alpha value is -3.26. The quantitative estimate of drug-likeness (QED) is 0.447. The summed E-state index contributed by atoms with van der Waals surface area (Å²) in [4.78, 5) is 30.8. The van der Waals surface area contributed by atoms with Crippen molar-refractivity contribution in [3.05, 3.63) is 70.9 Å². The van der Waals surface area contributed by atoms with Gasteiger partial charge in [0.1, 0.15) is 18.1 Å². The normalized spacial score (nSPS) is 17.9. The number of carbonyl (C=O) groups excluding carboxylic acids is 2. The van der Waals surface area contributed by atoms with Crippen LogP contribution in [-0.4, -0.2) is 59.0 Å². The SMILES string of the molecule is COc1ccc(-n2nc(C(C)(C)C)c3c2N(CC(=O)N2CCCC2)C(=O)CS[C@H]3c2ccccc2C)cc1. The predicted molar refractivity (Wildman–Crippen MR) is 152 cm³/mol. The summed E-state index contributed by atoms with van der Waals surface area (Å²) < 4.78 is 7.25. The highest BCUT2D eigenvalue weighted by atomic mass is 32.2. The fourth-order valence-corrected chi connectivity index (χ4v) is 6.60. The maximum Gasteiger partial charge on any atom is 0.242 e. The lowest BCUT2D eigenvalue weighted by Gasteiger charge is -2.26. The number of benzene rings is 2. The average molecular weight is 533 g/mol. The standard InChI is InChI=1S/C30H36N4O3S/c1-20-10-6-7-11-23(20)27-26-28(30(2,3)4)31-34(21-12-14-22(37-5)15-13-21)29(26)33(25(36)19-38-27)18-24(35)32-16-8-9-17-32/h6-7,10-15,27H,8-9,16-19H2,1-5H3/t27-/m0/s1. The van der Waals surface area contributed by atoms with E-state index < -0.39 is 0 Å². The smallest absolute Gasteiger partial charge is 0.242 e. The van der Waals surface area contributed by atoms with Crippen molar-refractivity contribution in [1.29, 1.82) is 0 Å². The molecule has 0 aliphatic carbocycles. The first-order valence-electron chi connectivity index (χ1n) is 13.2. The molecule has 2 aliphatic rings. The number of rotatable bonds is 5. The fraction of sp³-hybridized carbons (Fsp3) is 0.433. The zero-order chi connectivity index (χ0) is 27.0. The molecule has 0 radical (unpaired) electrons. The minimum atomic E-state index is -0.290. The maximum atomic E-state index is 13.8. The molecule has 3 aromatic rings. The van der Waals surface area contributed by atoms with Gasteiger partial charge >= 0.3 is 0 Å². The van der Waals surface area contributed by atoms with E-state index in [-0.39, 0.29) is 34.8 Å². The Morgan fingerprint density at radius 2 is 1.76 bits per heavy atom. The molecule has 1 saturated heterocycles. The molecule has 3 heterocycles. The van der Waals surface area contributed by atoms with Gasteiger partial charge in [-0.1, -0.05) is 45.0 Å². The van der Waals surface area contributed by atoms with E-state index >= 15 is 0 Å². The Balaban J connectivity index is 1.75. The van der Waals surface area contributed by atoms with E-state index in [9.17, 15) is 9.59 Å². The topological polar surface area (TPSA) is 67.7 Å². The van der Waals surface area contributed by atoms with Gasteiger partial charge in [0.25, 0.3) is 0 Å². The number of methoxy groups -OCH3 is 1. The molecular weight excluding hydrogens is 496 g/mol. The third-order valence-corrected chi connectivity index (χ3v) is 8.58. The van der Waals surface area contributed by atoms with Crippen molar-refractivity contribution in [3.63, 3.8) is 0 Å². The van der Waals surface area contributed by atoms with Crippen LogP contribution >= 0.6 is 11.8 Å². The zero-order valence-corrected chi connectivity index (χ0v) is 23.7. The highest BCUT2D eigenvalue weighted by Crippen LogP contribution is 2.49. The number of hydrogen-bond donors (Lipinski definition) is 0. The van der Waals surface area contributed by atoms with Crippen LogP contribution in [0.4, 0.5) is 5.82 Å². The third-order valence-electron chi connectivity index (χ3n) is 7.34. The second kappa shape index (κ2) is 10.5. The van der Waals surface area contributed by atoms with Crippen molar-refractivity contribution in [3.8, 4) is 11.4 Å². The van der Waals surface area contributed by atoms with Crippen molar-refractivity contribution in [2.24, 2.45) is 0 Å². The molecule has 0 spiro atoms. The Labute approximate surface area is 229 Å². The highest BCUT2D eigenvalue weighted by molar-refractivity contribution is 8.00. The lowest BCUT2D eigenvalue weighted by molar-refractivity contribution is -0.130. The second-order valence-electron chi connectivity index (χ2n) is 11.1. The number of ether oxygens (including phenoxy) is 1. The summed E-state index contributed by atoms with van der Waals surface area (Å²) in [5, 5.41) is 5.07. The number of hydrogen-bond acceptors (Lipinski definition) is 5. The molecule has 8 heteroatoms. The van der Waals surface area contributed by atoms with Crippen molar-refractivity contribution in [2.45, 2.75) is 51.2 Å². The van der Waals surface area contributed by atoms with Gasteiger partial charge in [0.05, 0.1) is 29.5 Å². The zero-order valence-electron chi connectivity index (χ0n) is 22.9. The van der Waals surface area contributed by atoms with Crippen molar-refractivity contribution < 1.29 is 14.3 Å². The number of amides is 2. The second-order valence-corrected chi connectivity index (χ2v) is 12.2. The molecule has 1 atom stereocenters. The summed E-state index contributed by atoms with van der Waals surface area (Å²) in [5.41, 5.74) is 4.80. The number of fused-ring (bicyclic) bond motifs is 1. The summed E-state index contributed by atoms with van der Waals surface area (Å²) >= 11 is 1.62. The number of aryl methyl sites for hydroxylation is 1. The molecular formula is C30H36N4O3S. The van der Waals surface area contributed by atoms with Crippen LogP contribution in [0.25, 0.3) is 5.69 Å². The first-order valence-corrected chi connectivity index (χ1v) is 14.3. The van der Waals surface area contributed by atoms with Gasteiger partial charge in [-0.2, -0.15) is 5.10 Å². The van der Waals surface area contributed by atoms with E-state index in [1.54, 1.807) is 23.8 Å². The van der Waals surface area contributed by atoms with E-state index in [1.165, 1.54) is 11.1 Å². The predicted octanol–water partition coefficient (Wildman–Crippen LogP) is 5.28. The van der Waals surface area contributed by atoms with Crippen molar-refractivity contribution in [1.82, 2.24) is 14.7 Å². The lowest BCUT2D eigenvalue weighted by Crippen LogP contribution is -2.43. The molecule has 1 aromatic heterocycles. The van der Waals surface area contributed by atoms with Gasteiger partial charge in [0.2, 0.25) is 11.8 Å². The van der Waals surface area contributed by atoms with Gasteiger partial charge in [0, 0.05) is 24.1 Å². The molecule has 7 nitrogen and oxygen atoms in total. The Morgan fingerprint density at radius 1 is 1.08 bits per heavy atom. The van der Waals surface area contributed by atoms with Crippen LogP contribution in [-0.2, 0) is 15.0 Å². The van der Waals surface area contributed by atoms with Crippen molar-refractivity contribution >= 4 is 29.4 Å². The van der Waals surface area contributed by atoms with Gasteiger partial charge in [-0.3, -0.25) is 14.5 Å². The first kappa shape index (κ1) is 26.4. The van der Waals surface area contributed by atoms with Crippen LogP contribution in [0, 0.1) is 6.92 Å². The summed E-state index contributed by atoms with van der Waals surface area (Å²) in [6.45, 7) is 10.1. The van der Waals surface area contributed by atoms with Crippen LogP contribution in [0.1, 0.15) is 61.2 Å². The number of nitrogens with zero attached hydrogens (tertiary/aromatic N) is 4. The number of carbonyl (C=O) groups is 2. The van der Waals surface area contributed by atoms with Gasteiger partial charge in [-0.25, -0.2) is 4.68 Å². The average Bonchev–Trinajstić information content (AvgIpc) is 3.55. The fourth-order valence-electron chi connectivity index (χ4n) is 5.30. The summed E-state index contributed by atoms with van der Waals surface area (Å²) in [6.07, 6.45) is 2.02. The van der Waals surface area contributed by atoms with Crippen LogP contribution in [0.3, 0.4) is 0 Å². The third kappa shape index (κ3) is 4.94. The van der Waals surface area contributed by atoms with Crippen LogP contribution in [0.15, 0.2) is 48.5 Å². The molecule has 0 saturated carbocycles. The number of aromatic nitrogens is 2. The number of anilines is 1.